The van der Waals surface area contributed by atoms with Gasteiger partial charge in [-0.15, -0.1) is 0 Å². The number of ether oxygens (including phenoxy) is 1. The highest BCUT2D eigenvalue weighted by atomic mass is 16.5. The molecular weight excluding hydrogens is 242 g/mol. The number of amides is 1. The van der Waals surface area contributed by atoms with Crippen LogP contribution < -0.4 is 5.32 Å². The fraction of sp³-hybridized carbons (Fsp3) is 0.533. The molecule has 19 heavy (non-hydrogen) atoms. The molecule has 0 heterocycles. The van der Waals surface area contributed by atoms with Gasteiger partial charge in [0, 0.05) is 6.54 Å². The van der Waals surface area contributed by atoms with Gasteiger partial charge in [-0.3, -0.25) is 4.79 Å². The summed E-state index contributed by atoms with van der Waals surface area (Å²) in [6.07, 6.45) is 2.93. The van der Waals surface area contributed by atoms with Crippen LogP contribution in [-0.2, 0) is 14.9 Å². The van der Waals surface area contributed by atoms with E-state index in [0.29, 0.717) is 19.8 Å². The highest BCUT2D eigenvalue weighted by Crippen LogP contribution is 2.43. The molecule has 2 rings (SSSR count). The van der Waals surface area contributed by atoms with Crippen molar-refractivity contribution >= 4 is 5.91 Å². The lowest BCUT2D eigenvalue weighted by Gasteiger charge is -2.40. The Morgan fingerprint density at radius 2 is 2.00 bits per heavy atom. The van der Waals surface area contributed by atoms with Crippen LogP contribution in [0.25, 0.3) is 0 Å². The molecule has 4 heteroatoms. The second-order valence-electron chi connectivity index (χ2n) is 4.89. The Balaban J connectivity index is 1.89. The molecule has 0 radical (unpaired) electrons. The van der Waals surface area contributed by atoms with Gasteiger partial charge in [0.05, 0.1) is 25.2 Å². The molecule has 1 saturated carbocycles. The topological polar surface area (TPSA) is 58.6 Å². The number of carbonyl (C=O) groups excluding carboxylic acids is 1. The van der Waals surface area contributed by atoms with Crippen molar-refractivity contribution in [1.82, 2.24) is 5.32 Å². The molecule has 0 atom stereocenters. The van der Waals surface area contributed by atoms with E-state index >= 15 is 0 Å². The lowest BCUT2D eigenvalue weighted by Crippen LogP contribution is -2.49. The minimum atomic E-state index is -0.335. The van der Waals surface area contributed by atoms with Crippen molar-refractivity contribution in [2.24, 2.45) is 0 Å². The van der Waals surface area contributed by atoms with E-state index in [0.717, 1.165) is 24.8 Å². The first-order chi connectivity index (χ1) is 9.29. The highest BCUT2D eigenvalue weighted by Gasteiger charge is 2.45. The van der Waals surface area contributed by atoms with Crippen LogP contribution in [0.1, 0.15) is 24.8 Å². The molecule has 0 aliphatic heterocycles. The smallest absolute Gasteiger partial charge is 0.230 e. The lowest BCUT2D eigenvalue weighted by molar-refractivity contribution is -0.130. The molecule has 0 bridgehead atoms. The van der Waals surface area contributed by atoms with Crippen LogP contribution in [0.3, 0.4) is 0 Å². The Hall–Kier alpha value is -1.39. The number of hydrogen-bond acceptors (Lipinski definition) is 3. The molecule has 0 spiro atoms. The standard InChI is InChI=1S/C15H21NO3/c17-10-12-19-11-9-16-14(18)15(7-4-8-15)13-5-2-1-3-6-13/h1-3,5-6,17H,4,7-12H2,(H,16,18). The van der Waals surface area contributed by atoms with E-state index in [4.69, 9.17) is 9.84 Å². The van der Waals surface area contributed by atoms with E-state index in [2.05, 4.69) is 5.32 Å². The predicted octanol–water partition coefficient (Wildman–Crippen LogP) is 1.23. The lowest BCUT2D eigenvalue weighted by atomic mass is 9.64. The Bertz CT molecular complexity index is 401. The highest BCUT2D eigenvalue weighted by molar-refractivity contribution is 5.89. The molecular formula is C15H21NO3. The number of aliphatic hydroxyl groups excluding tert-OH is 1. The van der Waals surface area contributed by atoms with Gasteiger partial charge in [-0.2, -0.15) is 0 Å². The van der Waals surface area contributed by atoms with Crippen molar-refractivity contribution in [2.75, 3.05) is 26.4 Å². The van der Waals surface area contributed by atoms with E-state index in [9.17, 15) is 4.79 Å². The SMILES string of the molecule is O=C(NCCOCCO)C1(c2ccccc2)CCC1. The number of hydrogen-bond donors (Lipinski definition) is 2. The van der Waals surface area contributed by atoms with E-state index < -0.39 is 0 Å². The first-order valence-electron chi connectivity index (χ1n) is 6.82. The van der Waals surface area contributed by atoms with Crippen LogP contribution in [0.4, 0.5) is 0 Å². The van der Waals surface area contributed by atoms with Crippen molar-refractivity contribution in [3.8, 4) is 0 Å². The minimum absolute atomic E-state index is 0.0158. The van der Waals surface area contributed by atoms with Crippen LogP contribution in [-0.4, -0.2) is 37.4 Å². The normalized spacial score (nSPS) is 16.7. The van der Waals surface area contributed by atoms with E-state index in [1.54, 1.807) is 0 Å². The molecule has 1 aliphatic rings. The van der Waals surface area contributed by atoms with Gasteiger partial charge in [0.15, 0.2) is 0 Å². The second kappa shape index (κ2) is 6.68. The van der Waals surface area contributed by atoms with Gasteiger partial charge in [0.2, 0.25) is 5.91 Å². The molecule has 1 aliphatic carbocycles. The van der Waals surface area contributed by atoms with Crippen molar-refractivity contribution in [3.63, 3.8) is 0 Å². The van der Waals surface area contributed by atoms with Crippen LogP contribution in [0, 0.1) is 0 Å². The van der Waals surface area contributed by atoms with Gasteiger partial charge in [0.1, 0.15) is 0 Å². The number of rotatable bonds is 7. The van der Waals surface area contributed by atoms with Gasteiger partial charge in [0.25, 0.3) is 0 Å². The van der Waals surface area contributed by atoms with Gasteiger partial charge >= 0.3 is 0 Å². The van der Waals surface area contributed by atoms with Crippen molar-refractivity contribution < 1.29 is 14.6 Å². The molecule has 0 saturated heterocycles. The summed E-state index contributed by atoms with van der Waals surface area (Å²) in [5.74, 6) is 0.0950. The Morgan fingerprint density at radius 1 is 1.26 bits per heavy atom. The fourth-order valence-corrected chi connectivity index (χ4v) is 2.51. The van der Waals surface area contributed by atoms with Crippen LogP contribution >= 0.6 is 0 Å². The van der Waals surface area contributed by atoms with Crippen LogP contribution in [0.5, 0.6) is 0 Å². The zero-order valence-electron chi connectivity index (χ0n) is 11.1. The zero-order valence-corrected chi connectivity index (χ0v) is 11.1. The molecule has 0 unspecified atom stereocenters. The zero-order chi connectivity index (χ0) is 13.6. The maximum absolute atomic E-state index is 12.4. The summed E-state index contributed by atoms with van der Waals surface area (Å²) in [4.78, 5) is 12.4. The monoisotopic (exact) mass is 263 g/mol. The third kappa shape index (κ3) is 3.14. The minimum Gasteiger partial charge on any atom is -0.394 e. The van der Waals surface area contributed by atoms with Crippen molar-refractivity contribution in [3.05, 3.63) is 35.9 Å². The summed E-state index contributed by atoms with van der Waals surface area (Å²) in [7, 11) is 0. The van der Waals surface area contributed by atoms with E-state index in [-0.39, 0.29) is 17.9 Å². The summed E-state index contributed by atoms with van der Waals surface area (Å²) in [5.41, 5.74) is 0.771. The summed E-state index contributed by atoms with van der Waals surface area (Å²) in [6, 6.07) is 9.98. The molecule has 2 N–H and O–H groups in total. The average Bonchev–Trinajstić information content (AvgIpc) is 2.38. The van der Waals surface area contributed by atoms with E-state index in [1.165, 1.54) is 0 Å². The Labute approximate surface area is 113 Å². The number of benzene rings is 1. The van der Waals surface area contributed by atoms with E-state index in [1.807, 2.05) is 30.3 Å². The fourth-order valence-electron chi connectivity index (χ4n) is 2.51. The molecule has 1 fully saturated rings. The average molecular weight is 263 g/mol. The molecule has 1 amide bonds. The third-order valence-electron chi connectivity index (χ3n) is 3.74. The largest absolute Gasteiger partial charge is 0.394 e. The summed E-state index contributed by atoms with van der Waals surface area (Å²) < 4.78 is 5.14. The van der Waals surface area contributed by atoms with Gasteiger partial charge in [-0.05, 0) is 18.4 Å². The van der Waals surface area contributed by atoms with Crippen molar-refractivity contribution in [1.29, 1.82) is 0 Å². The molecule has 1 aromatic carbocycles. The molecule has 104 valence electrons. The first kappa shape index (κ1) is 14.0. The maximum atomic E-state index is 12.4. The molecule has 4 nitrogen and oxygen atoms in total. The van der Waals surface area contributed by atoms with Crippen molar-refractivity contribution in [2.45, 2.75) is 24.7 Å². The number of carbonyl (C=O) groups is 1. The number of nitrogens with one attached hydrogen (secondary N) is 1. The van der Waals surface area contributed by atoms with Gasteiger partial charge in [-0.1, -0.05) is 36.8 Å². The third-order valence-corrected chi connectivity index (χ3v) is 3.74. The van der Waals surface area contributed by atoms with Crippen LogP contribution in [0.15, 0.2) is 30.3 Å². The molecule has 0 aromatic heterocycles. The quantitative estimate of drug-likeness (QED) is 0.728. The van der Waals surface area contributed by atoms with Crippen LogP contribution in [0.2, 0.25) is 0 Å². The maximum Gasteiger partial charge on any atom is 0.230 e. The molecule has 1 aromatic rings. The second-order valence-corrected chi connectivity index (χ2v) is 4.89. The van der Waals surface area contributed by atoms with Gasteiger partial charge in [-0.25, -0.2) is 0 Å². The summed E-state index contributed by atoms with van der Waals surface area (Å²) >= 11 is 0. The summed E-state index contributed by atoms with van der Waals surface area (Å²) in [5, 5.41) is 11.5. The Kier molecular flexibility index (Phi) is 4.93. The summed E-state index contributed by atoms with van der Waals surface area (Å²) in [6.45, 7) is 1.27. The predicted molar refractivity (Wildman–Crippen MR) is 72.9 cm³/mol. The van der Waals surface area contributed by atoms with Gasteiger partial charge < -0.3 is 15.2 Å². The number of aliphatic hydroxyl groups is 1. The Morgan fingerprint density at radius 3 is 2.58 bits per heavy atom. The first-order valence-corrected chi connectivity index (χ1v) is 6.82.